The number of anilines is 1. The van der Waals surface area contributed by atoms with Gasteiger partial charge in [-0.15, -0.1) is 0 Å². The number of benzene rings is 1. The number of H-pyrrole nitrogens is 1. The lowest BCUT2D eigenvalue weighted by atomic mass is 10.0. The van der Waals surface area contributed by atoms with Crippen molar-refractivity contribution in [2.24, 2.45) is 0 Å². The van der Waals surface area contributed by atoms with Gasteiger partial charge in [-0.25, -0.2) is 0 Å². The Morgan fingerprint density at radius 1 is 1.28 bits per heavy atom. The van der Waals surface area contributed by atoms with Gasteiger partial charge in [-0.2, -0.15) is 15.4 Å². The molecule has 1 aromatic carbocycles. The number of nitrogens with one attached hydrogen (secondary N) is 4. The molecule has 1 aromatic heterocycles. The summed E-state index contributed by atoms with van der Waals surface area (Å²) in [5.41, 5.74) is 3.23. The number of amides is 4. The number of carbonyl (C=O) groups is 4. The molecule has 168 valence electrons. The lowest BCUT2D eigenvalue weighted by molar-refractivity contribution is -0.131. The lowest BCUT2D eigenvalue weighted by Gasteiger charge is -2.28. The first kappa shape index (κ1) is 21.5. The fourth-order valence-corrected chi connectivity index (χ4v) is 4.25. The van der Waals surface area contributed by atoms with E-state index in [4.69, 9.17) is 0 Å². The van der Waals surface area contributed by atoms with Crippen LogP contribution in [0.4, 0.5) is 5.69 Å². The molecule has 32 heavy (non-hydrogen) atoms. The highest BCUT2D eigenvalue weighted by molar-refractivity contribution is 6.08. The maximum absolute atomic E-state index is 13.5. The van der Waals surface area contributed by atoms with Crippen molar-refractivity contribution in [3.63, 3.8) is 0 Å². The third kappa shape index (κ3) is 4.18. The van der Waals surface area contributed by atoms with Crippen LogP contribution in [-0.2, 0) is 38.6 Å². The zero-order valence-corrected chi connectivity index (χ0v) is 17.8. The predicted octanol–water partition coefficient (Wildman–Crippen LogP) is -0.666. The minimum absolute atomic E-state index is 0.186. The number of aromatic amines is 1. The summed E-state index contributed by atoms with van der Waals surface area (Å²) in [7, 11) is 0. The van der Waals surface area contributed by atoms with Crippen LogP contribution >= 0.6 is 0 Å². The second-order valence-corrected chi connectivity index (χ2v) is 8.05. The van der Waals surface area contributed by atoms with E-state index in [1.165, 1.54) is 18.0 Å². The molecule has 0 radical (unpaired) electrons. The van der Waals surface area contributed by atoms with Crippen molar-refractivity contribution >= 4 is 29.3 Å². The quantitative estimate of drug-likeness (QED) is 0.469. The zero-order valence-electron chi connectivity index (χ0n) is 17.8. The summed E-state index contributed by atoms with van der Waals surface area (Å²) in [6.07, 6.45) is 2.89. The number of nitrogens with zero attached hydrogens (tertiary/aromatic N) is 3. The van der Waals surface area contributed by atoms with Crippen LogP contribution in [0.15, 0.2) is 24.4 Å². The first-order valence-electron chi connectivity index (χ1n) is 10.5. The van der Waals surface area contributed by atoms with E-state index in [0.717, 1.165) is 16.8 Å². The van der Waals surface area contributed by atoms with Gasteiger partial charge in [-0.05, 0) is 30.9 Å². The maximum atomic E-state index is 13.5. The Bertz CT molecular complexity index is 1050. The van der Waals surface area contributed by atoms with Crippen molar-refractivity contribution in [3.05, 3.63) is 41.2 Å². The molecule has 0 fully saturated rings. The minimum atomic E-state index is -0.803. The van der Waals surface area contributed by atoms with Crippen molar-refractivity contribution in [2.75, 3.05) is 4.90 Å². The van der Waals surface area contributed by atoms with Crippen LogP contribution < -0.4 is 20.9 Å². The number of aromatic nitrogens is 3. The molecule has 4 rings (SSSR count). The van der Waals surface area contributed by atoms with Gasteiger partial charge < -0.3 is 16.0 Å². The SMILES string of the molecule is CC(=O)N[C@@H](C)C(=O)N[C@H]1CCc2cccc3c2N(C1=O)[C@H](C(=O)NCc1cn[nH]n1)C3. The maximum Gasteiger partial charge on any atom is 0.250 e. The molecule has 0 aliphatic carbocycles. The number of rotatable bonds is 6. The molecule has 2 aliphatic rings. The topological polar surface area (TPSA) is 149 Å². The van der Waals surface area contributed by atoms with E-state index in [0.29, 0.717) is 25.0 Å². The molecule has 0 spiro atoms. The Morgan fingerprint density at radius 2 is 2.06 bits per heavy atom. The monoisotopic (exact) mass is 439 g/mol. The van der Waals surface area contributed by atoms with E-state index in [9.17, 15) is 19.2 Å². The molecule has 2 aromatic rings. The average Bonchev–Trinajstić information content (AvgIpc) is 3.38. The Balaban J connectivity index is 1.55. The first-order chi connectivity index (χ1) is 15.3. The van der Waals surface area contributed by atoms with E-state index in [1.807, 2.05) is 18.2 Å². The van der Waals surface area contributed by atoms with Crippen LogP contribution in [0.25, 0.3) is 0 Å². The first-order valence-corrected chi connectivity index (χ1v) is 10.5. The van der Waals surface area contributed by atoms with E-state index in [2.05, 4.69) is 31.4 Å². The Morgan fingerprint density at radius 3 is 2.78 bits per heavy atom. The number of carbonyl (C=O) groups excluding carboxylic acids is 4. The number of hydrogen-bond acceptors (Lipinski definition) is 6. The molecule has 3 heterocycles. The molecule has 11 heteroatoms. The van der Waals surface area contributed by atoms with Gasteiger partial charge in [0.15, 0.2) is 0 Å². The molecule has 0 saturated carbocycles. The smallest absolute Gasteiger partial charge is 0.250 e. The van der Waals surface area contributed by atoms with Gasteiger partial charge in [0.05, 0.1) is 18.4 Å². The van der Waals surface area contributed by atoms with Gasteiger partial charge in [-0.1, -0.05) is 18.2 Å². The molecular weight excluding hydrogens is 414 g/mol. The minimum Gasteiger partial charge on any atom is -0.348 e. The Hall–Kier alpha value is -3.76. The number of hydrogen-bond donors (Lipinski definition) is 4. The Labute approximate surface area is 184 Å². The van der Waals surface area contributed by atoms with Crippen LogP contribution in [0.2, 0.25) is 0 Å². The Kier molecular flexibility index (Phi) is 5.89. The standard InChI is InChI=1S/C21H25N7O4/c1-11(24-12(2)29)19(30)25-16-7-6-13-4-3-5-14-8-17(28(18(13)14)21(16)32)20(31)22-9-15-10-23-27-26-15/h3-5,10-11,16-17H,6-9H2,1-2H3,(H,22,31)(H,24,29)(H,25,30)(H,23,26,27)/t11-,16-,17-/m0/s1. The molecule has 3 atom stereocenters. The zero-order chi connectivity index (χ0) is 22.8. The molecule has 4 amide bonds. The molecule has 0 bridgehead atoms. The van der Waals surface area contributed by atoms with Crippen LogP contribution in [0.5, 0.6) is 0 Å². The molecular formula is C21H25N7O4. The van der Waals surface area contributed by atoms with Crippen molar-refractivity contribution in [1.82, 2.24) is 31.4 Å². The van der Waals surface area contributed by atoms with Crippen LogP contribution in [0.3, 0.4) is 0 Å². The molecule has 4 N–H and O–H groups in total. The van der Waals surface area contributed by atoms with Gasteiger partial charge in [0.1, 0.15) is 23.8 Å². The normalized spacial score (nSPS) is 20.2. The van der Waals surface area contributed by atoms with E-state index >= 15 is 0 Å². The lowest BCUT2D eigenvalue weighted by Crippen LogP contribution is -2.56. The summed E-state index contributed by atoms with van der Waals surface area (Å²) in [6.45, 7) is 3.07. The number of aryl methyl sites for hydroxylation is 1. The third-order valence-corrected chi connectivity index (χ3v) is 5.75. The van der Waals surface area contributed by atoms with E-state index in [-0.39, 0.29) is 24.3 Å². The molecule has 0 unspecified atom stereocenters. The van der Waals surface area contributed by atoms with Gasteiger partial charge in [0, 0.05) is 13.3 Å². The van der Waals surface area contributed by atoms with E-state index in [1.54, 1.807) is 6.92 Å². The average molecular weight is 439 g/mol. The highest BCUT2D eigenvalue weighted by Crippen LogP contribution is 2.39. The fraction of sp³-hybridized carbons (Fsp3) is 0.429. The van der Waals surface area contributed by atoms with Gasteiger partial charge in [0.25, 0.3) is 0 Å². The second-order valence-electron chi connectivity index (χ2n) is 8.05. The summed E-state index contributed by atoms with van der Waals surface area (Å²) in [6, 6.07) is 3.48. The summed E-state index contributed by atoms with van der Waals surface area (Å²) in [4.78, 5) is 51.9. The van der Waals surface area contributed by atoms with E-state index < -0.39 is 24.0 Å². The van der Waals surface area contributed by atoms with Crippen LogP contribution in [-0.4, -0.2) is 57.2 Å². The second kappa shape index (κ2) is 8.77. The highest BCUT2D eigenvalue weighted by atomic mass is 16.2. The molecule has 2 aliphatic heterocycles. The van der Waals surface area contributed by atoms with Crippen LogP contribution in [0, 0.1) is 0 Å². The summed E-state index contributed by atoms with van der Waals surface area (Å²) >= 11 is 0. The summed E-state index contributed by atoms with van der Waals surface area (Å²) in [5.74, 6) is -1.42. The fourth-order valence-electron chi connectivity index (χ4n) is 4.25. The van der Waals surface area contributed by atoms with Crippen LogP contribution in [0.1, 0.15) is 37.1 Å². The molecule has 11 nitrogen and oxygen atoms in total. The van der Waals surface area contributed by atoms with Crippen molar-refractivity contribution < 1.29 is 19.2 Å². The van der Waals surface area contributed by atoms with Crippen molar-refractivity contribution in [3.8, 4) is 0 Å². The largest absolute Gasteiger partial charge is 0.348 e. The van der Waals surface area contributed by atoms with Crippen molar-refractivity contribution in [1.29, 1.82) is 0 Å². The van der Waals surface area contributed by atoms with Crippen molar-refractivity contribution in [2.45, 2.75) is 57.8 Å². The third-order valence-electron chi connectivity index (χ3n) is 5.75. The summed E-state index contributed by atoms with van der Waals surface area (Å²) < 4.78 is 0. The van der Waals surface area contributed by atoms with Gasteiger partial charge in [-0.3, -0.25) is 24.1 Å². The molecule has 0 saturated heterocycles. The number of para-hydroxylation sites is 1. The van der Waals surface area contributed by atoms with Gasteiger partial charge in [0.2, 0.25) is 23.6 Å². The predicted molar refractivity (Wildman–Crippen MR) is 113 cm³/mol. The van der Waals surface area contributed by atoms with Gasteiger partial charge >= 0.3 is 0 Å². The highest BCUT2D eigenvalue weighted by Gasteiger charge is 2.44. The summed E-state index contributed by atoms with van der Waals surface area (Å²) in [5, 5.41) is 18.2.